The summed E-state index contributed by atoms with van der Waals surface area (Å²) in [5.41, 5.74) is 4.83. The molecule has 1 amide bonds. The Morgan fingerprint density at radius 1 is 1.06 bits per heavy atom. The molecule has 0 aliphatic carbocycles. The molecule has 2 aromatic heterocycles. The van der Waals surface area contributed by atoms with E-state index in [-0.39, 0.29) is 10.8 Å². The number of aromatic amines is 1. The number of nitrogens with one attached hydrogen (secondary N) is 3. The molecule has 4 rings (SSSR count). The van der Waals surface area contributed by atoms with Gasteiger partial charge in [-0.15, -0.1) is 11.3 Å². The first-order chi connectivity index (χ1) is 15.3. The fourth-order valence-corrected chi connectivity index (χ4v) is 5.28. The predicted octanol–water partition coefficient (Wildman–Crippen LogP) is 4.30. The normalized spacial score (nSPS) is 11.7. The molecule has 0 saturated heterocycles. The maximum atomic E-state index is 12.5. The lowest BCUT2D eigenvalue weighted by Crippen LogP contribution is -2.26. The van der Waals surface area contributed by atoms with Gasteiger partial charge >= 0.3 is 0 Å². The van der Waals surface area contributed by atoms with Gasteiger partial charge in [-0.1, -0.05) is 12.1 Å². The molecule has 2 heterocycles. The molecular weight excluding hydrogens is 442 g/mol. The van der Waals surface area contributed by atoms with E-state index in [1.165, 1.54) is 29.8 Å². The van der Waals surface area contributed by atoms with E-state index in [4.69, 9.17) is 0 Å². The largest absolute Gasteiger partial charge is 0.358 e. The van der Waals surface area contributed by atoms with Crippen LogP contribution < -0.4 is 10.0 Å². The Hall–Kier alpha value is -2.94. The summed E-state index contributed by atoms with van der Waals surface area (Å²) in [6, 6.07) is 16.0. The van der Waals surface area contributed by atoms with E-state index in [0.717, 1.165) is 27.0 Å². The first-order valence-corrected chi connectivity index (χ1v) is 12.7. The third-order valence-corrected chi connectivity index (χ3v) is 7.91. The van der Waals surface area contributed by atoms with Gasteiger partial charge in [0.1, 0.15) is 0 Å². The van der Waals surface area contributed by atoms with E-state index in [1.807, 2.05) is 36.6 Å². The molecule has 0 spiro atoms. The van der Waals surface area contributed by atoms with Gasteiger partial charge in [0.05, 0.1) is 4.90 Å². The standard InChI is InChI=1S/C24H25N3O3S2/c1-16-17(2)27-23-10-5-18(14-22(16)23)15-25-24(28)19-6-8-21(9-7-19)32(29,30)26-12-11-20-4-3-13-31-20/h3-10,13-14,26-27H,11-12,15H2,1-2H3,(H,25,28). The van der Waals surface area contributed by atoms with Crippen LogP contribution in [0.25, 0.3) is 10.9 Å². The predicted molar refractivity (Wildman–Crippen MR) is 129 cm³/mol. The molecule has 4 aromatic rings. The molecule has 0 aliphatic rings. The average Bonchev–Trinajstić information content (AvgIpc) is 3.40. The second-order valence-electron chi connectivity index (χ2n) is 7.69. The summed E-state index contributed by atoms with van der Waals surface area (Å²) in [5.74, 6) is -0.248. The summed E-state index contributed by atoms with van der Waals surface area (Å²) < 4.78 is 27.6. The smallest absolute Gasteiger partial charge is 0.251 e. The van der Waals surface area contributed by atoms with Crippen molar-refractivity contribution in [3.8, 4) is 0 Å². The SMILES string of the molecule is Cc1[nH]c2ccc(CNC(=O)c3ccc(S(=O)(=O)NCCc4cccs4)cc3)cc2c1C. The fourth-order valence-electron chi connectivity index (χ4n) is 3.54. The molecule has 6 nitrogen and oxygen atoms in total. The van der Waals surface area contributed by atoms with E-state index < -0.39 is 10.0 Å². The highest BCUT2D eigenvalue weighted by Gasteiger charge is 2.15. The second-order valence-corrected chi connectivity index (χ2v) is 10.5. The van der Waals surface area contributed by atoms with Gasteiger partial charge in [-0.3, -0.25) is 4.79 Å². The number of hydrogen-bond donors (Lipinski definition) is 3. The maximum absolute atomic E-state index is 12.5. The topological polar surface area (TPSA) is 91.1 Å². The first kappa shape index (κ1) is 22.3. The van der Waals surface area contributed by atoms with Crippen LogP contribution >= 0.6 is 11.3 Å². The van der Waals surface area contributed by atoms with Gasteiger partial charge in [-0.05, 0) is 79.2 Å². The van der Waals surface area contributed by atoms with Gasteiger partial charge in [-0.25, -0.2) is 13.1 Å². The van der Waals surface area contributed by atoms with Crippen LogP contribution in [0.15, 0.2) is 64.9 Å². The molecule has 0 radical (unpaired) electrons. The van der Waals surface area contributed by atoms with Crippen LogP contribution in [0.2, 0.25) is 0 Å². The van der Waals surface area contributed by atoms with Crippen molar-refractivity contribution in [2.75, 3.05) is 6.54 Å². The molecular formula is C24H25N3O3S2. The fraction of sp³-hybridized carbons (Fsp3) is 0.208. The summed E-state index contributed by atoms with van der Waals surface area (Å²) >= 11 is 1.60. The summed E-state index contributed by atoms with van der Waals surface area (Å²) in [6.07, 6.45) is 0.644. The molecule has 0 bridgehead atoms. The Labute approximate surface area is 191 Å². The van der Waals surface area contributed by atoms with Crippen molar-refractivity contribution in [3.05, 3.63) is 87.2 Å². The van der Waals surface area contributed by atoms with E-state index >= 15 is 0 Å². The number of rotatable bonds is 8. The number of aromatic nitrogens is 1. The number of fused-ring (bicyclic) bond motifs is 1. The Kier molecular flexibility index (Phi) is 6.45. The minimum Gasteiger partial charge on any atom is -0.358 e. The summed E-state index contributed by atoms with van der Waals surface area (Å²) in [7, 11) is -3.61. The molecule has 0 unspecified atom stereocenters. The third-order valence-electron chi connectivity index (χ3n) is 5.50. The second kappa shape index (κ2) is 9.28. The van der Waals surface area contributed by atoms with Crippen molar-refractivity contribution in [2.24, 2.45) is 0 Å². The van der Waals surface area contributed by atoms with Gasteiger partial charge < -0.3 is 10.3 Å². The lowest BCUT2D eigenvalue weighted by molar-refractivity contribution is 0.0951. The molecule has 166 valence electrons. The molecule has 0 atom stereocenters. The van der Waals surface area contributed by atoms with Crippen molar-refractivity contribution in [2.45, 2.75) is 31.7 Å². The maximum Gasteiger partial charge on any atom is 0.251 e. The van der Waals surface area contributed by atoms with Crippen LogP contribution in [0.4, 0.5) is 0 Å². The van der Waals surface area contributed by atoms with Gasteiger partial charge in [0.2, 0.25) is 10.0 Å². The number of carbonyl (C=O) groups excluding carboxylic acids is 1. The average molecular weight is 468 g/mol. The molecule has 0 fully saturated rings. The minimum absolute atomic E-state index is 0.143. The minimum atomic E-state index is -3.61. The lowest BCUT2D eigenvalue weighted by Gasteiger charge is -2.08. The summed E-state index contributed by atoms with van der Waals surface area (Å²) in [6.45, 7) is 4.83. The van der Waals surface area contributed by atoms with Crippen molar-refractivity contribution in [1.82, 2.24) is 15.0 Å². The molecule has 8 heteroatoms. The van der Waals surface area contributed by atoms with Gasteiger partial charge in [0, 0.05) is 40.1 Å². The molecule has 0 saturated carbocycles. The number of sulfonamides is 1. The van der Waals surface area contributed by atoms with Gasteiger partial charge in [0.25, 0.3) is 5.91 Å². The zero-order chi connectivity index (χ0) is 22.7. The van der Waals surface area contributed by atoms with Crippen LogP contribution in [-0.2, 0) is 23.0 Å². The van der Waals surface area contributed by atoms with Crippen LogP contribution in [0.5, 0.6) is 0 Å². The summed E-state index contributed by atoms with van der Waals surface area (Å²) in [5, 5.41) is 6.02. The number of H-pyrrole nitrogens is 1. The third kappa shape index (κ3) is 4.93. The molecule has 3 N–H and O–H groups in total. The van der Waals surface area contributed by atoms with Crippen LogP contribution in [0, 0.1) is 13.8 Å². The van der Waals surface area contributed by atoms with Crippen LogP contribution in [0.1, 0.15) is 32.1 Å². The highest BCUT2D eigenvalue weighted by atomic mass is 32.2. The van der Waals surface area contributed by atoms with Crippen molar-refractivity contribution in [1.29, 1.82) is 0 Å². The van der Waals surface area contributed by atoms with E-state index in [0.29, 0.717) is 25.1 Å². The first-order valence-electron chi connectivity index (χ1n) is 10.3. The van der Waals surface area contributed by atoms with E-state index in [2.05, 4.69) is 28.0 Å². The highest BCUT2D eigenvalue weighted by molar-refractivity contribution is 7.89. The Balaban J connectivity index is 1.35. The van der Waals surface area contributed by atoms with Crippen LogP contribution in [0.3, 0.4) is 0 Å². The Bertz CT molecular complexity index is 1340. The molecule has 32 heavy (non-hydrogen) atoms. The van der Waals surface area contributed by atoms with E-state index in [1.54, 1.807) is 11.3 Å². The summed E-state index contributed by atoms with van der Waals surface area (Å²) in [4.78, 5) is 17.1. The number of carbonyl (C=O) groups is 1. The van der Waals surface area contributed by atoms with Crippen molar-refractivity contribution >= 4 is 38.2 Å². The lowest BCUT2D eigenvalue weighted by atomic mass is 10.1. The van der Waals surface area contributed by atoms with Crippen LogP contribution in [-0.4, -0.2) is 25.9 Å². The number of aryl methyl sites for hydroxylation is 2. The number of amides is 1. The van der Waals surface area contributed by atoms with Gasteiger partial charge in [0.15, 0.2) is 0 Å². The van der Waals surface area contributed by atoms with Gasteiger partial charge in [-0.2, -0.15) is 0 Å². The molecule has 2 aromatic carbocycles. The zero-order valence-electron chi connectivity index (χ0n) is 17.9. The Morgan fingerprint density at radius 3 is 2.56 bits per heavy atom. The number of benzene rings is 2. The Morgan fingerprint density at radius 2 is 1.84 bits per heavy atom. The quantitative estimate of drug-likeness (QED) is 0.361. The molecule has 0 aliphatic heterocycles. The van der Waals surface area contributed by atoms with Crippen molar-refractivity contribution < 1.29 is 13.2 Å². The zero-order valence-corrected chi connectivity index (χ0v) is 19.6. The number of thiophene rings is 1. The monoisotopic (exact) mass is 467 g/mol. The highest BCUT2D eigenvalue weighted by Crippen LogP contribution is 2.22. The van der Waals surface area contributed by atoms with Crippen molar-refractivity contribution in [3.63, 3.8) is 0 Å². The number of hydrogen-bond acceptors (Lipinski definition) is 4. The van der Waals surface area contributed by atoms with E-state index in [9.17, 15) is 13.2 Å².